The highest BCUT2D eigenvalue weighted by Crippen LogP contribution is 2.33. The Morgan fingerprint density at radius 3 is 2.67 bits per heavy atom. The summed E-state index contributed by atoms with van der Waals surface area (Å²) >= 11 is 0. The SMILES string of the molecule is CCC(COC)N1C(=O)C(C)NC1C1CCCC1. The minimum absolute atomic E-state index is 0.0403. The second kappa shape index (κ2) is 6.02. The first-order chi connectivity index (χ1) is 8.69. The molecule has 1 aliphatic heterocycles. The van der Waals surface area contributed by atoms with Gasteiger partial charge in [-0.2, -0.15) is 0 Å². The quantitative estimate of drug-likeness (QED) is 0.812. The number of ether oxygens (including phenoxy) is 1. The second-order valence-electron chi connectivity index (χ2n) is 5.64. The molecule has 1 N–H and O–H groups in total. The zero-order valence-electron chi connectivity index (χ0n) is 11.8. The number of methoxy groups -OCH3 is 1. The Bertz CT molecular complexity index is 290. The number of carbonyl (C=O) groups excluding carboxylic acids is 1. The number of rotatable bonds is 5. The van der Waals surface area contributed by atoms with Gasteiger partial charge in [0.05, 0.1) is 24.9 Å². The number of hydrogen-bond donors (Lipinski definition) is 1. The highest BCUT2D eigenvalue weighted by atomic mass is 16.5. The third kappa shape index (κ3) is 2.54. The highest BCUT2D eigenvalue weighted by molar-refractivity contribution is 5.84. The Balaban J connectivity index is 2.13. The molecule has 2 rings (SSSR count). The zero-order valence-corrected chi connectivity index (χ0v) is 11.8. The zero-order chi connectivity index (χ0) is 13.1. The Hall–Kier alpha value is -0.610. The molecule has 4 nitrogen and oxygen atoms in total. The van der Waals surface area contributed by atoms with Crippen molar-refractivity contribution in [3.05, 3.63) is 0 Å². The van der Waals surface area contributed by atoms with Crippen LogP contribution in [0.4, 0.5) is 0 Å². The number of nitrogens with zero attached hydrogens (tertiary/aromatic N) is 1. The lowest BCUT2D eigenvalue weighted by molar-refractivity contribution is -0.134. The van der Waals surface area contributed by atoms with Crippen molar-refractivity contribution in [2.75, 3.05) is 13.7 Å². The van der Waals surface area contributed by atoms with Gasteiger partial charge in [-0.15, -0.1) is 0 Å². The molecule has 0 radical (unpaired) electrons. The maximum absolute atomic E-state index is 12.4. The normalized spacial score (nSPS) is 31.3. The predicted molar refractivity (Wildman–Crippen MR) is 71.1 cm³/mol. The molecule has 1 heterocycles. The van der Waals surface area contributed by atoms with E-state index in [1.807, 2.05) is 6.92 Å². The fourth-order valence-electron chi connectivity index (χ4n) is 3.40. The van der Waals surface area contributed by atoms with Crippen molar-refractivity contribution >= 4 is 5.91 Å². The Labute approximate surface area is 110 Å². The van der Waals surface area contributed by atoms with E-state index in [-0.39, 0.29) is 24.2 Å². The average Bonchev–Trinajstić information content (AvgIpc) is 2.97. The van der Waals surface area contributed by atoms with Gasteiger partial charge in [-0.25, -0.2) is 0 Å². The lowest BCUT2D eigenvalue weighted by Crippen LogP contribution is -2.49. The molecule has 1 aliphatic carbocycles. The van der Waals surface area contributed by atoms with Crippen LogP contribution in [0.25, 0.3) is 0 Å². The maximum Gasteiger partial charge on any atom is 0.241 e. The summed E-state index contributed by atoms with van der Waals surface area (Å²) in [6.07, 6.45) is 6.29. The first kappa shape index (κ1) is 13.8. The van der Waals surface area contributed by atoms with Gasteiger partial charge >= 0.3 is 0 Å². The maximum atomic E-state index is 12.4. The van der Waals surface area contributed by atoms with Crippen LogP contribution >= 0.6 is 0 Å². The van der Waals surface area contributed by atoms with Crippen LogP contribution in [0.15, 0.2) is 0 Å². The van der Waals surface area contributed by atoms with Gasteiger partial charge in [0.2, 0.25) is 5.91 Å². The summed E-state index contributed by atoms with van der Waals surface area (Å²) in [4.78, 5) is 14.4. The largest absolute Gasteiger partial charge is 0.383 e. The smallest absolute Gasteiger partial charge is 0.241 e. The van der Waals surface area contributed by atoms with Gasteiger partial charge in [-0.05, 0) is 32.1 Å². The number of nitrogens with one attached hydrogen (secondary N) is 1. The molecule has 0 aromatic carbocycles. The molecular formula is C14H26N2O2. The van der Waals surface area contributed by atoms with E-state index in [2.05, 4.69) is 17.1 Å². The molecular weight excluding hydrogens is 228 g/mol. The van der Waals surface area contributed by atoms with E-state index in [0.29, 0.717) is 12.5 Å². The van der Waals surface area contributed by atoms with Crippen LogP contribution in [0.2, 0.25) is 0 Å². The summed E-state index contributed by atoms with van der Waals surface area (Å²) in [5.74, 6) is 0.876. The van der Waals surface area contributed by atoms with E-state index in [0.717, 1.165) is 6.42 Å². The van der Waals surface area contributed by atoms with Crippen molar-refractivity contribution in [1.29, 1.82) is 0 Å². The molecule has 2 aliphatic rings. The van der Waals surface area contributed by atoms with Gasteiger partial charge in [0, 0.05) is 7.11 Å². The van der Waals surface area contributed by atoms with Gasteiger partial charge in [0.25, 0.3) is 0 Å². The fourth-order valence-corrected chi connectivity index (χ4v) is 3.40. The molecule has 4 heteroatoms. The Kier molecular flexibility index (Phi) is 4.62. The lowest BCUT2D eigenvalue weighted by Gasteiger charge is -2.35. The van der Waals surface area contributed by atoms with Gasteiger partial charge in [0.1, 0.15) is 0 Å². The molecule has 1 saturated carbocycles. The molecule has 0 spiro atoms. The van der Waals surface area contributed by atoms with E-state index in [1.165, 1.54) is 25.7 Å². The van der Waals surface area contributed by atoms with Crippen LogP contribution in [-0.2, 0) is 9.53 Å². The van der Waals surface area contributed by atoms with Crippen molar-refractivity contribution in [3.63, 3.8) is 0 Å². The standard InChI is InChI=1S/C14H26N2O2/c1-4-12(9-18-3)16-13(11-7-5-6-8-11)15-10(2)14(16)17/h10-13,15H,4-9H2,1-3H3. The minimum atomic E-state index is -0.0403. The summed E-state index contributed by atoms with van der Waals surface area (Å²) in [6.45, 7) is 4.75. The average molecular weight is 254 g/mol. The van der Waals surface area contributed by atoms with Gasteiger partial charge in [-0.1, -0.05) is 19.8 Å². The number of carbonyl (C=O) groups is 1. The first-order valence-corrected chi connectivity index (χ1v) is 7.26. The van der Waals surface area contributed by atoms with Crippen molar-refractivity contribution < 1.29 is 9.53 Å². The molecule has 104 valence electrons. The monoisotopic (exact) mass is 254 g/mol. The summed E-state index contributed by atoms with van der Waals surface area (Å²) in [6, 6.07) is 0.173. The summed E-state index contributed by atoms with van der Waals surface area (Å²) < 4.78 is 5.28. The van der Waals surface area contributed by atoms with Gasteiger partial charge in [-0.3, -0.25) is 10.1 Å². The molecule has 0 bridgehead atoms. The van der Waals surface area contributed by atoms with Crippen molar-refractivity contribution in [1.82, 2.24) is 10.2 Å². The number of amides is 1. The van der Waals surface area contributed by atoms with Crippen LogP contribution in [0, 0.1) is 5.92 Å². The Morgan fingerprint density at radius 2 is 2.11 bits per heavy atom. The Morgan fingerprint density at radius 1 is 1.44 bits per heavy atom. The summed E-state index contributed by atoms with van der Waals surface area (Å²) in [7, 11) is 1.71. The fraction of sp³-hybridized carbons (Fsp3) is 0.929. The second-order valence-corrected chi connectivity index (χ2v) is 5.64. The van der Waals surface area contributed by atoms with Crippen LogP contribution in [0.5, 0.6) is 0 Å². The van der Waals surface area contributed by atoms with Crippen LogP contribution in [0.1, 0.15) is 46.0 Å². The molecule has 18 heavy (non-hydrogen) atoms. The third-order valence-corrected chi connectivity index (χ3v) is 4.42. The molecule has 1 saturated heterocycles. The van der Waals surface area contributed by atoms with Crippen molar-refractivity contribution in [3.8, 4) is 0 Å². The first-order valence-electron chi connectivity index (χ1n) is 7.26. The number of hydrogen-bond acceptors (Lipinski definition) is 3. The van der Waals surface area contributed by atoms with Gasteiger partial charge < -0.3 is 9.64 Å². The van der Waals surface area contributed by atoms with Crippen molar-refractivity contribution in [2.45, 2.75) is 64.2 Å². The molecule has 0 aromatic rings. The van der Waals surface area contributed by atoms with Gasteiger partial charge in [0.15, 0.2) is 0 Å². The van der Waals surface area contributed by atoms with Crippen LogP contribution < -0.4 is 5.32 Å². The molecule has 1 amide bonds. The third-order valence-electron chi connectivity index (χ3n) is 4.42. The van der Waals surface area contributed by atoms with Crippen LogP contribution in [0.3, 0.4) is 0 Å². The molecule has 2 fully saturated rings. The highest BCUT2D eigenvalue weighted by Gasteiger charge is 2.43. The molecule has 0 aromatic heterocycles. The van der Waals surface area contributed by atoms with E-state index in [1.54, 1.807) is 7.11 Å². The van der Waals surface area contributed by atoms with Crippen LogP contribution in [-0.4, -0.2) is 42.8 Å². The summed E-state index contributed by atoms with van der Waals surface area (Å²) in [5.41, 5.74) is 0. The van der Waals surface area contributed by atoms with E-state index in [9.17, 15) is 4.79 Å². The van der Waals surface area contributed by atoms with E-state index >= 15 is 0 Å². The minimum Gasteiger partial charge on any atom is -0.383 e. The molecule has 3 unspecified atom stereocenters. The molecule has 3 atom stereocenters. The van der Waals surface area contributed by atoms with E-state index < -0.39 is 0 Å². The summed E-state index contributed by atoms with van der Waals surface area (Å²) in [5, 5.41) is 3.49. The van der Waals surface area contributed by atoms with Crippen molar-refractivity contribution in [2.24, 2.45) is 5.92 Å². The predicted octanol–water partition coefficient (Wildman–Crippen LogP) is 1.75. The lowest BCUT2D eigenvalue weighted by atomic mass is 10.0. The topological polar surface area (TPSA) is 41.6 Å². The van der Waals surface area contributed by atoms with E-state index in [4.69, 9.17) is 4.74 Å².